The molecule has 0 bridgehead atoms. The number of benzene rings is 3. The number of fused-ring (bicyclic) bond motifs is 2. The Bertz CT molecular complexity index is 1370. The van der Waals surface area contributed by atoms with Crippen LogP contribution in [-0.4, -0.2) is 24.1 Å². The highest BCUT2D eigenvalue weighted by atomic mass is 19.4. The fourth-order valence-electron chi connectivity index (χ4n) is 4.00. The van der Waals surface area contributed by atoms with Crippen LogP contribution in [0.5, 0.6) is 5.75 Å². The number of carbonyl (C=O) groups excluding carboxylic acids is 1. The topological polar surface area (TPSA) is 93.6 Å². The maximum atomic E-state index is 12.8. The number of anilines is 3. The van der Waals surface area contributed by atoms with Crippen LogP contribution in [0.15, 0.2) is 65.2 Å². The molecule has 0 fully saturated rings. The third-order valence-corrected chi connectivity index (χ3v) is 5.37. The second kappa shape index (κ2) is 7.73. The number of hydrogen-bond donors (Lipinski definition) is 2. The highest BCUT2D eigenvalue weighted by Gasteiger charge is 2.31. The summed E-state index contributed by atoms with van der Waals surface area (Å²) in [7, 11) is 0. The van der Waals surface area contributed by atoms with Gasteiger partial charge in [-0.2, -0.15) is 0 Å². The molecule has 1 aliphatic rings. The van der Waals surface area contributed by atoms with E-state index in [1.807, 2.05) is 30.3 Å². The second-order valence-electron chi connectivity index (χ2n) is 7.50. The van der Waals surface area contributed by atoms with E-state index in [0.717, 1.165) is 33.8 Å². The number of nitrogens with zero attached hydrogens (tertiary/aromatic N) is 2. The molecule has 1 aliphatic heterocycles. The maximum Gasteiger partial charge on any atom is 0.573 e. The van der Waals surface area contributed by atoms with Gasteiger partial charge in [-0.15, -0.1) is 13.2 Å². The summed E-state index contributed by atoms with van der Waals surface area (Å²) in [6.07, 6.45) is -4.18. The molecule has 0 aliphatic carbocycles. The number of rotatable bonds is 3. The number of urea groups is 1. The third-order valence-electron chi connectivity index (χ3n) is 5.37. The zero-order valence-corrected chi connectivity index (χ0v) is 17.0. The molecule has 3 N–H and O–H groups in total. The molecule has 2 heterocycles. The van der Waals surface area contributed by atoms with Gasteiger partial charge in [0.15, 0.2) is 11.4 Å². The quantitative estimate of drug-likeness (QED) is 0.422. The van der Waals surface area contributed by atoms with Gasteiger partial charge in [-0.25, -0.2) is 4.79 Å². The Balaban J connectivity index is 1.38. The van der Waals surface area contributed by atoms with Crippen molar-refractivity contribution in [2.75, 3.05) is 22.5 Å². The molecule has 0 saturated heterocycles. The van der Waals surface area contributed by atoms with Crippen molar-refractivity contribution in [3.05, 3.63) is 66.2 Å². The minimum Gasteiger partial charge on any atom is -0.406 e. The van der Waals surface area contributed by atoms with Crippen molar-refractivity contribution in [2.24, 2.45) is 0 Å². The predicted molar refractivity (Wildman–Crippen MR) is 117 cm³/mol. The van der Waals surface area contributed by atoms with Crippen molar-refractivity contribution >= 4 is 34.2 Å². The minimum atomic E-state index is -4.81. The standard InChI is InChI=1S/C23H17F3N4O3/c24-23(25,26)32-16-4-1-3-15(12-16)28-22(31)30-10-9-14-11-13(7-8-18(14)30)17-5-2-6-19-20(17)21(27)29-33-19/h1-8,11-12H,9-10H2,(H2,27,29)(H,28,31). The Hall–Kier alpha value is -4.21. The van der Waals surface area contributed by atoms with Gasteiger partial charge in [-0.1, -0.05) is 29.4 Å². The summed E-state index contributed by atoms with van der Waals surface area (Å²) < 4.78 is 46.5. The van der Waals surface area contributed by atoms with Crippen LogP contribution < -0.4 is 20.7 Å². The van der Waals surface area contributed by atoms with Crippen LogP contribution in [0.25, 0.3) is 22.1 Å². The van der Waals surface area contributed by atoms with E-state index >= 15 is 0 Å². The van der Waals surface area contributed by atoms with Gasteiger partial charge in [0.2, 0.25) is 0 Å². The fraction of sp³-hybridized carbons (Fsp3) is 0.130. The van der Waals surface area contributed by atoms with E-state index in [4.69, 9.17) is 10.3 Å². The first kappa shape index (κ1) is 20.7. The predicted octanol–water partition coefficient (Wildman–Crippen LogP) is 5.57. The first-order chi connectivity index (χ1) is 15.8. The molecule has 0 unspecified atom stereocenters. The molecule has 0 spiro atoms. The highest BCUT2D eigenvalue weighted by molar-refractivity contribution is 6.04. The summed E-state index contributed by atoms with van der Waals surface area (Å²) in [5.41, 5.74) is 10.2. The summed E-state index contributed by atoms with van der Waals surface area (Å²) in [5.74, 6) is -0.104. The molecule has 2 amide bonds. The number of carbonyl (C=O) groups is 1. The molecular formula is C23H17F3N4O3. The molecule has 0 saturated carbocycles. The number of halogens is 3. The lowest BCUT2D eigenvalue weighted by Gasteiger charge is -2.19. The van der Waals surface area contributed by atoms with E-state index in [-0.39, 0.29) is 5.69 Å². The summed E-state index contributed by atoms with van der Waals surface area (Å²) in [4.78, 5) is 14.4. The largest absolute Gasteiger partial charge is 0.573 e. The first-order valence-electron chi connectivity index (χ1n) is 10.00. The van der Waals surface area contributed by atoms with E-state index in [9.17, 15) is 18.0 Å². The molecule has 4 aromatic rings. The fourth-order valence-corrected chi connectivity index (χ4v) is 4.00. The van der Waals surface area contributed by atoms with E-state index in [2.05, 4.69) is 15.2 Å². The molecule has 10 heteroatoms. The highest BCUT2D eigenvalue weighted by Crippen LogP contribution is 2.37. The van der Waals surface area contributed by atoms with Gasteiger partial charge in [-0.3, -0.25) is 4.90 Å². The van der Waals surface area contributed by atoms with Crippen LogP contribution in [0, 0.1) is 0 Å². The van der Waals surface area contributed by atoms with E-state index in [1.54, 1.807) is 11.0 Å². The molecule has 168 valence electrons. The molecular weight excluding hydrogens is 437 g/mol. The number of nitrogens with one attached hydrogen (secondary N) is 1. The van der Waals surface area contributed by atoms with Crippen LogP contribution in [0.4, 0.5) is 35.2 Å². The van der Waals surface area contributed by atoms with Gasteiger partial charge < -0.3 is 20.3 Å². The molecule has 7 nitrogen and oxygen atoms in total. The Labute approximate surface area is 185 Å². The molecule has 1 aromatic heterocycles. The van der Waals surface area contributed by atoms with Gasteiger partial charge in [0.1, 0.15) is 5.75 Å². The molecule has 3 aromatic carbocycles. The van der Waals surface area contributed by atoms with Gasteiger partial charge in [-0.05, 0) is 53.4 Å². The summed E-state index contributed by atoms with van der Waals surface area (Å²) in [6, 6.07) is 16.0. The Morgan fingerprint density at radius 3 is 2.76 bits per heavy atom. The maximum absolute atomic E-state index is 12.8. The van der Waals surface area contributed by atoms with Crippen LogP contribution in [-0.2, 0) is 6.42 Å². The average Bonchev–Trinajstić information content (AvgIpc) is 3.36. The number of hydrogen-bond acceptors (Lipinski definition) is 5. The first-order valence-corrected chi connectivity index (χ1v) is 10.00. The summed E-state index contributed by atoms with van der Waals surface area (Å²) >= 11 is 0. The third kappa shape index (κ3) is 4.02. The monoisotopic (exact) mass is 454 g/mol. The number of nitrogens with two attached hydrogens (primary N) is 1. The lowest BCUT2D eigenvalue weighted by molar-refractivity contribution is -0.274. The van der Waals surface area contributed by atoms with Crippen molar-refractivity contribution in [1.29, 1.82) is 0 Å². The second-order valence-corrected chi connectivity index (χ2v) is 7.50. The van der Waals surface area contributed by atoms with Crippen molar-refractivity contribution in [3.8, 4) is 16.9 Å². The number of alkyl halides is 3. The van der Waals surface area contributed by atoms with Crippen LogP contribution in [0.1, 0.15) is 5.56 Å². The van der Waals surface area contributed by atoms with Crippen LogP contribution in [0.2, 0.25) is 0 Å². The Kier molecular flexibility index (Phi) is 4.85. The lowest BCUT2D eigenvalue weighted by Crippen LogP contribution is -2.33. The van der Waals surface area contributed by atoms with Gasteiger partial charge >= 0.3 is 12.4 Å². The number of ether oxygens (including phenoxy) is 1. The minimum absolute atomic E-state index is 0.196. The SMILES string of the molecule is Nc1noc2cccc(-c3ccc4c(c3)CCN4C(=O)Nc3cccc(OC(F)(F)F)c3)c12. The Morgan fingerprint density at radius 2 is 1.94 bits per heavy atom. The molecule has 33 heavy (non-hydrogen) atoms. The Morgan fingerprint density at radius 1 is 1.12 bits per heavy atom. The van der Waals surface area contributed by atoms with E-state index in [1.165, 1.54) is 18.2 Å². The van der Waals surface area contributed by atoms with Gasteiger partial charge in [0.25, 0.3) is 0 Å². The summed E-state index contributed by atoms with van der Waals surface area (Å²) in [5, 5.41) is 7.18. The van der Waals surface area contributed by atoms with Crippen molar-refractivity contribution < 1.29 is 27.2 Å². The number of nitrogen functional groups attached to an aromatic ring is 1. The molecule has 0 atom stereocenters. The van der Waals surface area contributed by atoms with Crippen molar-refractivity contribution in [1.82, 2.24) is 5.16 Å². The van der Waals surface area contributed by atoms with E-state index < -0.39 is 18.1 Å². The summed E-state index contributed by atoms with van der Waals surface area (Å²) in [6.45, 7) is 0.433. The van der Waals surface area contributed by atoms with Crippen LogP contribution >= 0.6 is 0 Å². The van der Waals surface area contributed by atoms with E-state index in [0.29, 0.717) is 24.4 Å². The van der Waals surface area contributed by atoms with Crippen molar-refractivity contribution in [3.63, 3.8) is 0 Å². The number of aromatic nitrogens is 1. The number of amides is 2. The normalized spacial score (nSPS) is 13.2. The average molecular weight is 454 g/mol. The lowest BCUT2D eigenvalue weighted by atomic mass is 9.99. The molecule has 0 radical (unpaired) electrons. The van der Waals surface area contributed by atoms with Gasteiger partial charge in [0.05, 0.1) is 5.39 Å². The molecule has 5 rings (SSSR count). The van der Waals surface area contributed by atoms with Crippen LogP contribution in [0.3, 0.4) is 0 Å². The van der Waals surface area contributed by atoms with Gasteiger partial charge in [0, 0.05) is 24.0 Å². The zero-order chi connectivity index (χ0) is 23.2. The zero-order valence-electron chi connectivity index (χ0n) is 17.0. The van der Waals surface area contributed by atoms with Crippen molar-refractivity contribution in [2.45, 2.75) is 12.8 Å². The smallest absolute Gasteiger partial charge is 0.406 e.